The summed E-state index contributed by atoms with van der Waals surface area (Å²) in [6.45, 7) is 2.73. The largest absolute Gasteiger partial charge is 0.391 e. The number of benzene rings is 1. The minimum atomic E-state index is -0.591. The maximum absolute atomic E-state index is 14.7. The van der Waals surface area contributed by atoms with Crippen LogP contribution in [0, 0.1) is 17.6 Å². The molecule has 1 unspecified atom stereocenters. The molecule has 1 aliphatic heterocycles. The van der Waals surface area contributed by atoms with Crippen LogP contribution in [0.2, 0.25) is 0 Å². The Hall–Kier alpha value is -1.95. The standard InChI is InChI=1S/C25H34F2N2O2/c1-16-20(25(31)28-22-9-5-6-10-24(22)30)14-23(19-12-11-18(26)13-21(19)27)29(16)15-17-7-3-2-4-8-17/h11-13,17,22-24,30H,2-10,14-15H2,1H3,(H,28,31)/t22-,23?,24-/m0/s1. The molecule has 3 aliphatic rings. The number of halogens is 2. The van der Waals surface area contributed by atoms with E-state index in [0.29, 0.717) is 29.9 Å². The molecule has 1 heterocycles. The van der Waals surface area contributed by atoms with Gasteiger partial charge >= 0.3 is 0 Å². The van der Waals surface area contributed by atoms with Crippen molar-refractivity contribution in [2.24, 2.45) is 5.92 Å². The van der Waals surface area contributed by atoms with Crippen molar-refractivity contribution in [1.29, 1.82) is 0 Å². The average molecular weight is 433 g/mol. The van der Waals surface area contributed by atoms with Crippen molar-refractivity contribution in [3.63, 3.8) is 0 Å². The molecule has 2 saturated carbocycles. The van der Waals surface area contributed by atoms with Crippen molar-refractivity contribution in [2.75, 3.05) is 6.54 Å². The second kappa shape index (κ2) is 9.68. The van der Waals surface area contributed by atoms with Crippen molar-refractivity contribution in [1.82, 2.24) is 10.2 Å². The van der Waals surface area contributed by atoms with E-state index in [1.54, 1.807) is 0 Å². The zero-order valence-electron chi connectivity index (χ0n) is 18.4. The quantitative estimate of drug-likeness (QED) is 0.690. The summed E-state index contributed by atoms with van der Waals surface area (Å²) in [5.41, 5.74) is 1.97. The Morgan fingerprint density at radius 2 is 1.81 bits per heavy atom. The van der Waals surface area contributed by atoms with Gasteiger partial charge in [0.15, 0.2) is 0 Å². The van der Waals surface area contributed by atoms with Crippen LogP contribution in [0.3, 0.4) is 0 Å². The predicted molar refractivity (Wildman–Crippen MR) is 116 cm³/mol. The smallest absolute Gasteiger partial charge is 0.249 e. The first-order chi connectivity index (χ1) is 14.9. The van der Waals surface area contributed by atoms with Gasteiger partial charge in [0.25, 0.3) is 0 Å². The molecule has 2 aliphatic carbocycles. The van der Waals surface area contributed by atoms with Gasteiger partial charge in [0.05, 0.1) is 18.2 Å². The van der Waals surface area contributed by atoms with Gasteiger partial charge in [-0.25, -0.2) is 8.78 Å². The maximum Gasteiger partial charge on any atom is 0.249 e. The fourth-order valence-corrected chi connectivity index (χ4v) is 5.61. The van der Waals surface area contributed by atoms with Crippen molar-refractivity contribution in [3.05, 3.63) is 46.7 Å². The highest BCUT2D eigenvalue weighted by atomic mass is 19.1. The van der Waals surface area contributed by atoms with Gasteiger partial charge in [-0.05, 0) is 44.6 Å². The third-order valence-electron chi connectivity index (χ3n) is 7.46. The van der Waals surface area contributed by atoms with Crippen LogP contribution in [0.1, 0.15) is 82.7 Å². The molecule has 31 heavy (non-hydrogen) atoms. The van der Waals surface area contributed by atoms with Crippen LogP contribution in [0.5, 0.6) is 0 Å². The Balaban J connectivity index is 1.57. The lowest BCUT2D eigenvalue weighted by atomic mass is 9.88. The summed E-state index contributed by atoms with van der Waals surface area (Å²) in [6.07, 6.45) is 9.34. The van der Waals surface area contributed by atoms with E-state index in [-0.39, 0.29) is 18.0 Å². The predicted octanol–water partition coefficient (Wildman–Crippen LogP) is 4.99. The summed E-state index contributed by atoms with van der Waals surface area (Å²) >= 11 is 0. The molecule has 2 N–H and O–H groups in total. The molecule has 0 radical (unpaired) electrons. The number of carbonyl (C=O) groups is 1. The van der Waals surface area contributed by atoms with Crippen LogP contribution in [-0.2, 0) is 4.79 Å². The number of carbonyl (C=O) groups excluding carboxylic acids is 1. The molecule has 1 aromatic rings. The van der Waals surface area contributed by atoms with E-state index in [1.165, 1.54) is 31.4 Å². The number of aliphatic hydroxyl groups excluding tert-OH is 1. The molecule has 2 fully saturated rings. The van der Waals surface area contributed by atoms with E-state index in [0.717, 1.165) is 50.4 Å². The Morgan fingerprint density at radius 1 is 1.10 bits per heavy atom. The van der Waals surface area contributed by atoms with Crippen molar-refractivity contribution < 1.29 is 18.7 Å². The van der Waals surface area contributed by atoms with E-state index >= 15 is 0 Å². The van der Waals surface area contributed by atoms with Crippen LogP contribution >= 0.6 is 0 Å². The molecular formula is C25H34F2N2O2. The highest BCUT2D eigenvalue weighted by molar-refractivity contribution is 5.95. The maximum atomic E-state index is 14.7. The van der Waals surface area contributed by atoms with Crippen molar-refractivity contribution >= 4 is 5.91 Å². The van der Waals surface area contributed by atoms with Crippen molar-refractivity contribution in [2.45, 2.75) is 89.3 Å². The molecule has 170 valence electrons. The SMILES string of the molecule is CC1=C(C(=O)N[C@H]2CCCC[C@@H]2O)CC(c2ccc(F)cc2F)N1CC1CCCCC1. The third-order valence-corrected chi connectivity index (χ3v) is 7.46. The Kier molecular flexibility index (Phi) is 6.95. The fraction of sp³-hybridized carbons (Fsp3) is 0.640. The summed E-state index contributed by atoms with van der Waals surface area (Å²) in [6, 6.07) is 3.21. The van der Waals surface area contributed by atoms with Gasteiger partial charge in [-0.15, -0.1) is 0 Å². The van der Waals surface area contributed by atoms with Gasteiger partial charge in [0.1, 0.15) is 11.6 Å². The Bertz CT molecular complexity index is 835. The number of amides is 1. The van der Waals surface area contributed by atoms with Gasteiger partial charge in [-0.1, -0.05) is 38.2 Å². The van der Waals surface area contributed by atoms with E-state index in [4.69, 9.17) is 0 Å². The number of hydrogen-bond donors (Lipinski definition) is 2. The summed E-state index contributed by atoms with van der Waals surface area (Å²) in [7, 11) is 0. The second-order valence-electron chi connectivity index (χ2n) is 9.54. The van der Waals surface area contributed by atoms with Crippen molar-refractivity contribution in [3.8, 4) is 0 Å². The first-order valence-corrected chi connectivity index (χ1v) is 11.8. The Labute approximate surface area is 183 Å². The molecule has 0 bridgehead atoms. The zero-order valence-corrected chi connectivity index (χ0v) is 18.4. The number of aliphatic hydroxyl groups is 1. The number of allylic oxidation sites excluding steroid dienone is 1. The summed E-state index contributed by atoms with van der Waals surface area (Å²) < 4.78 is 28.2. The van der Waals surface area contributed by atoms with Gasteiger partial charge in [-0.2, -0.15) is 0 Å². The molecule has 0 aromatic heterocycles. The number of hydrogen-bond acceptors (Lipinski definition) is 3. The molecule has 3 atom stereocenters. The normalized spacial score (nSPS) is 27.6. The highest BCUT2D eigenvalue weighted by Gasteiger charge is 2.37. The first-order valence-electron chi connectivity index (χ1n) is 11.8. The lowest BCUT2D eigenvalue weighted by molar-refractivity contribution is -0.119. The fourth-order valence-electron chi connectivity index (χ4n) is 5.61. The van der Waals surface area contributed by atoms with Crippen LogP contribution in [-0.4, -0.2) is 34.6 Å². The summed E-state index contributed by atoms with van der Waals surface area (Å²) in [4.78, 5) is 15.3. The lowest BCUT2D eigenvalue weighted by Crippen LogP contribution is -2.45. The monoisotopic (exact) mass is 432 g/mol. The molecule has 1 amide bonds. The minimum absolute atomic E-state index is 0.165. The lowest BCUT2D eigenvalue weighted by Gasteiger charge is -2.34. The van der Waals surface area contributed by atoms with Crippen LogP contribution in [0.15, 0.2) is 29.5 Å². The van der Waals surface area contributed by atoms with Crippen LogP contribution in [0.25, 0.3) is 0 Å². The summed E-state index contributed by atoms with van der Waals surface area (Å²) in [5, 5.41) is 13.3. The third kappa shape index (κ3) is 4.94. The van der Waals surface area contributed by atoms with Gasteiger partial charge < -0.3 is 15.3 Å². The number of rotatable bonds is 5. The molecule has 4 nitrogen and oxygen atoms in total. The molecule has 4 rings (SSSR count). The Morgan fingerprint density at radius 3 is 2.52 bits per heavy atom. The van der Waals surface area contributed by atoms with E-state index in [1.807, 2.05) is 6.92 Å². The van der Waals surface area contributed by atoms with Gasteiger partial charge in [-0.3, -0.25) is 4.79 Å². The topological polar surface area (TPSA) is 52.6 Å². The van der Waals surface area contributed by atoms with E-state index in [9.17, 15) is 18.7 Å². The zero-order chi connectivity index (χ0) is 22.0. The molecule has 1 aromatic carbocycles. The van der Waals surface area contributed by atoms with Crippen LogP contribution in [0.4, 0.5) is 8.78 Å². The van der Waals surface area contributed by atoms with Gasteiger partial charge in [0.2, 0.25) is 5.91 Å². The van der Waals surface area contributed by atoms with Crippen LogP contribution < -0.4 is 5.32 Å². The van der Waals surface area contributed by atoms with E-state index in [2.05, 4.69) is 10.2 Å². The highest BCUT2D eigenvalue weighted by Crippen LogP contribution is 2.42. The number of nitrogens with zero attached hydrogens (tertiary/aromatic N) is 1. The molecule has 0 spiro atoms. The molecule has 6 heteroatoms. The second-order valence-corrected chi connectivity index (χ2v) is 9.54. The average Bonchev–Trinajstić information content (AvgIpc) is 3.07. The molecular weight excluding hydrogens is 398 g/mol. The van der Waals surface area contributed by atoms with E-state index < -0.39 is 17.7 Å². The van der Waals surface area contributed by atoms with Gasteiger partial charge in [0, 0.05) is 35.9 Å². The summed E-state index contributed by atoms with van der Waals surface area (Å²) in [5.74, 6) is -0.790. The number of nitrogens with one attached hydrogen (secondary N) is 1. The minimum Gasteiger partial charge on any atom is -0.391 e. The first kappa shape index (κ1) is 22.3. The molecule has 0 saturated heterocycles.